The molecule has 0 aliphatic heterocycles. The summed E-state index contributed by atoms with van der Waals surface area (Å²) in [6.45, 7) is 1.84. The van der Waals surface area contributed by atoms with E-state index in [1.807, 2.05) is 6.92 Å². The minimum absolute atomic E-state index is 0.580. The van der Waals surface area contributed by atoms with E-state index in [1.165, 1.54) is 0 Å². The zero-order chi connectivity index (χ0) is 9.84. The first-order valence-electron chi connectivity index (χ1n) is 3.85. The third-order valence-electron chi connectivity index (χ3n) is 1.91. The summed E-state index contributed by atoms with van der Waals surface area (Å²) in [5.41, 5.74) is 1.42. The summed E-state index contributed by atoms with van der Waals surface area (Å²) in [7, 11) is 3.13. The van der Waals surface area contributed by atoms with Crippen molar-refractivity contribution < 1.29 is 9.47 Å². The number of benzene rings is 1. The van der Waals surface area contributed by atoms with Gasteiger partial charge in [0.15, 0.2) is 0 Å². The van der Waals surface area contributed by atoms with E-state index in [2.05, 4.69) is 6.07 Å². The van der Waals surface area contributed by atoms with Crippen LogP contribution in [0.3, 0.4) is 0 Å². The number of nitrogens with zero attached hydrogens (tertiary/aromatic N) is 1. The molecule has 0 aliphatic carbocycles. The predicted octanol–water partition coefficient (Wildman–Crippen LogP) is 1.88. The average Bonchev–Trinajstić information content (AvgIpc) is 2.18. The summed E-state index contributed by atoms with van der Waals surface area (Å²) in [6, 6.07) is 5.54. The Kier molecular flexibility index (Phi) is 2.76. The van der Waals surface area contributed by atoms with E-state index in [4.69, 9.17) is 14.7 Å². The molecule has 0 amide bonds. The molecule has 0 unspecified atom stereocenters. The number of hydrogen-bond acceptors (Lipinski definition) is 3. The first-order chi connectivity index (χ1) is 6.22. The van der Waals surface area contributed by atoms with Gasteiger partial charge in [-0.1, -0.05) is 0 Å². The Morgan fingerprint density at radius 2 is 1.92 bits per heavy atom. The zero-order valence-corrected chi connectivity index (χ0v) is 7.92. The molecule has 0 saturated heterocycles. The van der Waals surface area contributed by atoms with Crippen molar-refractivity contribution in [1.82, 2.24) is 0 Å². The Morgan fingerprint density at radius 1 is 1.23 bits per heavy atom. The summed E-state index contributed by atoms with van der Waals surface area (Å²) in [5.74, 6) is 1.31. The van der Waals surface area contributed by atoms with E-state index >= 15 is 0 Å². The molecule has 3 heteroatoms. The van der Waals surface area contributed by atoms with Gasteiger partial charge in [-0.15, -0.1) is 0 Å². The van der Waals surface area contributed by atoms with E-state index < -0.39 is 0 Å². The summed E-state index contributed by atoms with van der Waals surface area (Å²) in [6.07, 6.45) is 0. The standard InChI is InChI=1S/C10H11NO2/c1-7-8(6-11)4-9(12-2)5-10(7)13-3/h4-5H,1-3H3. The van der Waals surface area contributed by atoms with Gasteiger partial charge < -0.3 is 9.47 Å². The molecule has 0 bridgehead atoms. The van der Waals surface area contributed by atoms with Crippen molar-refractivity contribution in [3.8, 4) is 17.6 Å². The topological polar surface area (TPSA) is 42.2 Å². The van der Waals surface area contributed by atoms with Gasteiger partial charge in [0.05, 0.1) is 25.9 Å². The second-order valence-electron chi connectivity index (χ2n) is 2.61. The van der Waals surface area contributed by atoms with Crippen LogP contribution in [0.5, 0.6) is 11.5 Å². The number of hydrogen-bond donors (Lipinski definition) is 0. The number of ether oxygens (including phenoxy) is 2. The Labute approximate surface area is 77.5 Å². The molecule has 0 atom stereocenters. The van der Waals surface area contributed by atoms with E-state index in [0.717, 1.165) is 5.56 Å². The lowest BCUT2D eigenvalue weighted by Crippen LogP contribution is -1.93. The van der Waals surface area contributed by atoms with E-state index in [9.17, 15) is 0 Å². The van der Waals surface area contributed by atoms with Crippen LogP contribution in [0, 0.1) is 18.3 Å². The molecular weight excluding hydrogens is 166 g/mol. The maximum atomic E-state index is 8.80. The fraction of sp³-hybridized carbons (Fsp3) is 0.300. The zero-order valence-electron chi connectivity index (χ0n) is 7.92. The van der Waals surface area contributed by atoms with E-state index in [0.29, 0.717) is 17.1 Å². The van der Waals surface area contributed by atoms with Gasteiger partial charge in [0.2, 0.25) is 0 Å². The van der Waals surface area contributed by atoms with Crippen LogP contribution in [0.2, 0.25) is 0 Å². The van der Waals surface area contributed by atoms with Crippen molar-refractivity contribution in [3.63, 3.8) is 0 Å². The maximum Gasteiger partial charge on any atom is 0.126 e. The lowest BCUT2D eigenvalue weighted by atomic mass is 10.1. The lowest BCUT2D eigenvalue weighted by molar-refractivity contribution is 0.392. The Balaban J connectivity index is 3.31. The minimum Gasteiger partial charge on any atom is -0.497 e. The Hall–Kier alpha value is -1.69. The quantitative estimate of drug-likeness (QED) is 0.692. The Morgan fingerprint density at radius 3 is 2.38 bits per heavy atom. The van der Waals surface area contributed by atoms with Gasteiger partial charge in [0.25, 0.3) is 0 Å². The third-order valence-corrected chi connectivity index (χ3v) is 1.91. The second-order valence-corrected chi connectivity index (χ2v) is 2.61. The predicted molar refractivity (Wildman–Crippen MR) is 49.0 cm³/mol. The molecule has 0 radical (unpaired) electrons. The summed E-state index contributed by atoms with van der Waals surface area (Å²) < 4.78 is 10.1. The van der Waals surface area contributed by atoms with Crippen molar-refractivity contribution in [2.24, 2.45) is 0 Å². The monoisotopic (exact) mass is 177 g/mol. The van der Waals surface area contributed by atoms with Crippen LogP contribution in [-0.4, -0.2) is 14.2 Å². The fourth-order valence-electron chi connectivity index (χ4n) is 1.11. The molecular formula is C10H11NO2. The smallest absolute Gasteiger partial charge is 0.126 e. The van der Waals surface area contributed by atoms with Gasteiger partial charge in [0, 0.05) is 11.6 Å². The molecule has 0 heterocycles. The van der Waals surface area contributed by atoms with Crippen LogP contribution in [0.15, 0.2) is 12.1 Å². The number of rotatable bonds is 2. The molecule has 0 N–H and O–H groups in total. The van der Waals surface area contributed by atoms with Crippen molar-refractivity contribution >= 4 is 0 Å². The Bertz CT molecular complexity index is 353. The van der Waals surface area contributed by atoms with Gasteiger partial charge in [-0.25, -0.2) is 0 Å². The molecule has 0 aliphatic rings. The average molecular weight is 177 g/mol. The normalized spacial score (nSPS) is 9.08. The van der Waals surface area contributed by atoms with Crippen LogP contribution in [-0.2, 0) is 0 Å². The van der Waals surface area contributed by atoms with Crippen LogP contribution < -0.4 is 9.47 Å². The fourth-order valence-corrected chi connectivity index (χ4v) is 1.11. The van der Waals surface area contributed by atoms with E-state index in [-0.39, 0.29) is 0 Å². The summed E-state index contributed by atoms with van der Waals surface area (Å²) >= 11 is 0. The van der Waals surface area contributed by atoms with Gasteiger partial charge in [-0.05, 0) is 13.0 Å². The first-order valence-corrected chi connectivity index (χ1v) is 3.85. The van der Waals surface area contributed by atoms with Crippen molar-refractivity contribution in [2.75, 3.05) is 14.2 Å². The van der Waals surface area contributed by atoms with Crippen molar-refractivity contribution in [1.29, 1.82) is 5.26 Å². The first kappa shape index (κ1) is 9.40. The molecule has 1 rings (SSSR count). The van der Waals surface area contributed by atoms with Crippen LogP contribution in [0.1, 0.15) is 11.1 Å². The van der Waals surface area contributed by atoms with Gasteiger partial charge >= 0.3 is 0 Å². The highest BCUT2D eigenvalue weighted by molar-refractivity contribution is 5.50. The third kappa shape index (κ3) is 1.73. The maximum absolute atomic E-state index is 8.80. The van der Waals surface area contributed by atoms with Gasteiger partial charge in [-0.2, -0.15) is 5.26 Å². The highest BCUT2D eigenvalue weighted by atomic mass is 16.5. The molecule has 0 fully saturated rings. The van der Waals surface area contributed by atoms with Gasteiger partial charge in [0.1, 0.15) is 11.5 Å². The van der Waals surface area contributed by atoms with E-state index in [1.54, 1.807) is 26.4 Å². The molecule has 1 aromatic carbocycles. The molecule has 13 heavy (non-hydrogen) atoms. The van der Waals surface area contributed by atoms with Crippen LogP contribution in [0.25, 0.3) is 0 Å². The largest absolute Gasteiger partial charge is 0.497 e. The summed E-state index contributed by atoms with van der Waals surface area (Å²) in [4.78, 5) is 0. The van der Waals surface area contributed by atoms with Crippen molar-refractivity contribution in [2.45, 2.75) is 6.92 Å². The highest BCUT2D eigenvalue weighted by Crippen LogP contribution is 2.27. The minimum atomic E-state index is 0.580. The highest BCUT2D eigenvalue weighted by Gasteiger charge is 2.06. The molecule has 68 valence electrons. The number of nitriles is 1. The van der Waals surface area contributed by atoms with Gasteiger partial charge in [-0.3, -0.25) is 0 Å². The number of methoxy groups -OCH3 is 2. The molecule has 1 aromatic rings. The summed E-state index contributed by atoms with van der Waals surface area (Å²) in [5, 5.41) is 8.80. The molecule has 0 spiro atoms. The lowest BCUT2D eigenvalue weighted by Gasteiger charge is -2.08. The van der Waals surface area contributed by atoms with Crippen LogP contribution >= 0.6 is 0 Å². The molecule has 3 nitrogen and oxygen atoms in total. The van der Waals surface area contributed by atoms with Crippen molar-refractivity contribution in [3.05, 3.63) is 23.3 Å². The second kappa shape index (κ2) is 3.81. The molecule has 0 aromatic heterocycles. The SMILES string of the molecule is COc1cc(C#N)c(C)c(OC)c1. The van der Waals surface area contributed by atoms with Crippen LogP contribution in [0.4, 0.5) is 0 Å². The molecule has 0 saturated carbocycles.